The molecular formula is C25H24N6O4. The zero-order valence-electron chi connectivity index (χ0n) is 19.0. The van der Waals surface area contributed by atoms with E-state index < -0.39 is 0 Å². The standard InChI is InChI=1S/C25H24N6O4/c32-20-11-12-21(33)30(20)17-22(34)28-13-15-29(16-14-28)25(35)23-26-24(18-7-3-1-4-8-18)31(27-23)19-9-5-2-6-10-19/h1-10H,11-17H2. The SMILES string of the molecule is O=C(CN1C(=O)CCC1=O)N1CCN(C(=O)c2nc(-c3ccccc3)n(-c3ccccc3)n2)CC1. The summed E-state index contributed by atoms with van der Waals surface area (Å²) in [7, 11) is 0. The third-order valence-electron chi connectivity index (χ3n) is 6.20. The fourth-order valence-corrected chi connectivity index (χ4v) is 4.26. The first kappa shape index (κ1) is 22.5. The number of rotatable bonds is 5. The molecule has 0 aliphatic carbocycles. The average Bonchev–Trinajstić information content (AvgIpc) is 3.49. The third-order valence-corrected chi connectivity index (χ3v) is 6.20. The molecule has 178 valence electrons. The largest absolute Gasteiger partial charge is 0.338 e. The van der Waals surface area contributed by atoms with Gasteiger partial charge < -0.3 is 9.80 Å². The van der Waals surface area contributed by atoms with Gasteiger partial charge in [0.05, 0.1) is 5.69 Å². The Bertz CT molecular complexity index is 1190. The molecule has 0 unspecified atom stereocenters. The molecule has 0 bridgehead atoms. The highest BCUT2D eigenvalue weighted by Crippen LogP contribution is 2.22. The van der Waals surface area contributed by atoms with Crippen LogP contribution in [0.5, 0.6) is 0 Å². The molecule has 0 spiro atoms. The molecule has 3 aromatic rings. The number of piperazine rings is 1. The maximum absolute atomic E-state index is 13.3. The van der Waals surface area contributed by atoms with Crippen LogP contribution in [0.15, 0.2) is 60.7 Å². The molecule has 0 saturated carbocycles. The number of amides is 4. The molecule has 2 aliphatic heterocycles. The van der Waals surface area contributed by atoms with Gasteiger partial charge in [0.25, 0.3) is 5.91 Å². The zero-order valence-corrected chi connectivity index (χ0v) is 19.0. The molecule has 10 heteroatoms. The second kappa shape index (κ2) is 9.49. The molecule has 2 aromatic carbocycles. The van der Waals surface area contributed by atoms with Crippen molar-refractivity contribution < 1.29 is 19.2 Å². The molecule has 0 N–H and O–H groups in total. The lowest BCUT2D eigenvalue weighted by Gasteiger charge is -2.34. The molecule has 0 atom stereocenters. The summed E-state index contributed by atoms with van der Waals surface area (Å²) in [6.07, 6.45) is 0.310. The minimum Gasteiger partial charge on any atom is -0.338 e. The van der Waals surface area contributed by atoms with Gasteiger partial charge in [0.15, 0.2) is 5.82 Å². The number of aromatic nitrogens is 3. The summed E-state index contributed by atoms with van der Waals surface area (Å²) >= 11 is 0. The van der Waals surface area contributed by atoms with Gasteiger partial charge in [0.1, 0.15) is 6.54 Å². The molecule has 10 nitrogen and oxygen atoms in total. The van der Waals surface area contributed by atoms with Crippen LogP contribution in [0, 0.1) is 0 Å². The van der Waals surface area contributed by atoms with Crippen LogP contribution in [0.4, 0.5) is 0 Å². The molecule has 1 aromatic heterocycles. The minimum atomic E-state index is -0.313. The Hall–Kier alpha value is -4.34. The monoisotopic (exact) mass is 472 g/mol. The van der Waals surface area contributed by atoms with Gasteiger partial charge >= 0.3 is 0 Å². The summed E-state index contributed by atoms with van der Waals surface area (Å²) in [5.74, 6) is -0.583. The van der Waals surface area contributed by atoms with E-state index in [9.17, 15) is 19.2 Å². The van der Waals surface area contributed by atoms with Gasteiger partial charge in [-0.3, -0.25) is 24.1 Å². The summed E-state index contributed by atoms with van der Waals surface area (Å²) in [5, 5.41) is 4.52. The van der Waals surface area contributed by atoms with Crippen molar-refractivity contribution in [3.8, 4) is 17.1 Å². The van der Waals surface area contributed by atoms with Crippen LogP contribution in [0.2, 0.25) is 0 Å². The molecule has 5 rings (SSSR count). The Morgan fingerprint density at radius 3 is 1.97 bits per heavy atom. The Kier molecular flexibility index (Phi) is 6.09. The number of benzene rings is 2. The molecule has 35 heavy (non-hydrogen) atoms. The highest BCUT2D eigenvalue weighted by Gasteiger charge is 2.33. The second-order valence-corrected chi connectivity index (χ2v) is 8.42. The zero-order chi connectivity index (χ0) is 24.4. The van der Waals surface area contributed by atoms with Crippen LogP contribution in [0.25, 0.3) is 17.1 Å². The number of hydrogen-bond acceptors (Lipinski definition) is 6. The number of imide groups is 1. The Morgan fingerprint density at radius 1 is 0.771 bits per heavy atom. The molecule has 2 fully saturated rings. The summed E-state index contributed by atoms with van der Waals surface area (Å²) in [5.41, 5.74) is 1.63. The summed E-state index contributed by atoms with van der Waals surface area (Å²) in [6, 6.07) is 19.0. The Labute approximate surface area is 201 Å². The van der Waals surface area contributed by atoms with Gasteiger partial charge in [-0.05, 0) is 12.1 Å². The predicted octanol–water partition coefficient (Wildman–Crippen LogP) is 1.37. The van der Waals surface area contributed by atoms with E-state index in [1.807, 2.05) is 60.7 Å². The molecule has 2 aliphatic rings. The molecule has 0 radical (unpaired) electrons. The van der Waals surface area contributed by atoms with E-state index in [1.165, 1.54) is 0 Å². The lowest BCUT2D eigenvalue weighted by molar-refractivity contribution is -0.146. The first-order chi connectivity index (χ1) is 17.0. The number of para-hydroxylation sites is 1. The fraction of sp³-hybridized carbons (Fsp3) is 0.280. The highest BCUT2D eigenvalue weighted by atomic mass is 16.2. The fourth-order valence-electron chi connectivity index (χ4n) is 4.26. The normalized spacial score (nSPS) is 16.2. The second-order valence-electron chi connectivity index (χ2n) is 8.42. The highest BCUT2D eigenvalue weighted by molar-refractivity contribution is 6.04. The van der Waals surface area contributed by atoms with Crippen molar-refractivity contribution in [2.45, 2.75) is 12.8 Å². The summed E-state index contributed by atoms with van der Waals surface area (Å²) in [4.78, 5) is 58.2. The van der Waals surface area contributed by atoms with E-state index in [4.69, 9.17) is 0 Å². The molecule has 4 amide bonds. The van der Waals surface area contributed by atoms with Crippen molar-refractivity contribution in [3.05, 3.63) is 66.5 Å². The van der Waals surface area contributed by atoms with Crippen LogP contribution < -0.4 is 0 Å². The van der Waals surface area contributed by atoms with Crippen molar-refractivity contribution in [2.75, 3.05) is 32.7 Å². The van der Waals surface area contributed by atoms with Crippen LogP contribution in [0.1, 0.15) is 23.5 Å². The van der Waals surface area contributed by atoms with Gasteiger partial charge in [-0.15, -0.1) is 5.10 Å². The Balaban J connectivity index is 1.30. The third kappa shape index (κ3) is 4.54. The van der Waals surface area contributed by atoms with Gasteiger partial charge in [0, 0.05) is 44.6 Å². The number of nitrogens with zero attached hydrogens (tertiary/aromatic N) is 6. The van der Waals surface area contributed by atoms with Gasteiger partial charge in [-0.2, -0.15) is 0 Å². The van der Waals surface area contributed by atoms with Crippen molar-refractivity contribution >= 4 is 23.6 Å². The quantitative estimate of drug-likeness (QED) is 0.519. The summed E-state index contributed by atoms with van der Waals surface area (Å²) < 4.78 is 1.66. The van der Waals surface area contributed by atoms with E-state index in [2.05, 4.69) is 10.1 Å². The number of carbonyl (C=O) groups excluding carboxylic acids is 4. The summed E-state index contributed by atoms with van der Waals surface area (Å²) in [6.45, 7) is 1.01. The van der Waals surface area contributed by atoms with Crippen LogP contribution in [-0.2, 0) is 14.4 Å². The molecule has 2 saturated heterocycles. The smallest absolute Gasteiger partial charge is 0.293 e. The van der Waals surface area contributed by atoms with E-state index in [0.717, 1.165) is 16.2 Å². The molecule has 3 heterocycles. The maximum atomic E-state index is 13.3. The first-order valence-corrected chi connectivity index (χ1v) is 11.5. The minimum absolute atomic E-state index is 0.0840. The topological polar surface area (TPSA) is 109 Å². The van der Waals surface area contributed by atoms with Gasteiger partial charge in [0.2, 0.25) is 23.5 Å². The maximum Gasteiger partial charge on any atom is 0.293 e. The van der Waals surface area contributed by atoms with E-state index in [0.29, 0.717) is 32.0 Å². The van der Waals surface area contributed by atoms with Crippen molar-refractivity contribution in [2.24, 2.45) is 0 Å². The van der Waals surface area contributed by atoms with E-state index in [-0.39, 0.29) is 48.8 Å². The predicted molar refractivity (Wildman–Crippen MR) is 125 cm³/mol. The van der Waals surface area contributed by atoms with Crippen LogP contribution in [-0.4, -0.2) is 85.8 Å². The van der Waals surface area contributed by atoms with Gasteiger partial charge in [-0.1, -0.05) is 48.5 Å². The molecular weight excluding hydrogens is 448 g/mol. The average molecular weight is 473 g/mol. The number of hydrogen-bond donors (Lipinski definition) is 0. The van der Waals surface area contributed by atoms with Crippen molar-refractivity contribution in [1.29, 1.82) is 0 Å². The first-order valence-electron chi connectivity index (χ1n) is 11.5. The van der Waals surface area contributed by atoms with Crippen LogP contribution in [0.3, 0.4) is 0 Å². The van der Waals surface area contributed by atoms with E-state index in [1.54, 1.807) is 14.5 Å². The van der Waals surface area contributed by atoms with Crippen LogP contribution >= 0.6 is 0 Å². The van der Waals surface area contributed by atoms with E-state index >= 15 is 0 Å². The lowest BCUT2D eigenvalue weighted by atomic mass is 10.2. The Morgan fingerprint density at radius 2 is 1.34 bits per heavy atom. The van der Waals surface area contributed by atoms with Gasteiger partial charge in [-0.25, -0.2) is 9.67 Å². The lowest BCUT2D eigenvalue weighted by Crippen LogP contribution is -2.53. The van der Waals surface area contributed by atoms with Crippen molar-refractivity contribution in [3.63, 3.8) is 0 Å². The number of carbonyl (C=O) groups is 4. The van der Waals surface area contributed by atoms with Crippen molar-refractivity contribution in [1.82, 2.24) is 29.5 Å². The number of likely N-dealkylation sites (tertiary alicyclic amines) is 1.